The summed E-state index contributed by atoms with van der Waals surface area (Å²) < 4.78 is 43.8. The molecular formula is C16H36F2O2P2. The Morgan fingerprint density at radius 2 is 1.00 bits per heavy atom. The molecule has 0 radical (unpaired) electrons. The van der Waals surface area contributed by atoms with Crippen molar-refractivity contribution < 1.29 is 17.3 Å². The number of halogens is 2. The molecule has 0 saturated heterocycles. The zero-order chi connectivity index (χ0) is 17.1. The molecule has 0 aromatic heterocycles. The van der Waals surface area contributed by atoms with Crippen LogP contribution in [0, 0.1) is 0 Å². The summed E-state index contributed by atoms with van der Waals surface area (Å²) in [5, 5.41) is 0. The fourth-order valence-electron chi connectivity index (χ4n) is 3.34. The summed E-state index contributed by atoms with van der Waals surface area (Å²) in [6.07, 6.45) is 10.3. The Kier molecular flexibility index (Phi) is 10.6. The van der Waals surface area contributed by atoms with Crippen LogP contribution in [0.1, 0.15) is 79.1 Å². The van der Waals surface area contributed by atoms with Crippen molar-refractivity contribution in [3.8, 4) is 0 Å². The Morgan fingerprint density at radius 3 is 1.18 bits per heavy atom. The van der Waals surface area contributed by atoms with Gasteiger partial charge < -0.3 is 0 Å². The van der Waals surface area contributed by atoms with Gasteiger partial charge in [-0.3, -0.25) is 0 Å². The van der Waals surface area contributed by atoms with Crippen molar-refractivity contribution in [1.82, 2.24) is 0 Å². The van der Waals surface area contributed by atoms with E-state index < -0.39 is 14.8 Å². The van der Waals surface area contributed by atoms with E-state index in [1.54, 1.807) is 0 Å². The molecular weight excluding hydrogens is 324 g/mol. The van der Waals surface area contributed by atoms with Gasteiger partial charge in [-0.25, -0.2) is 0 Å². The average Bonchev–Trinajstić information content (AvgIpc) is 2.46. The Bertz CT molecular complexity index is 302. The molecule has 0 aliphatic heterocycles. The zero-order valence-electron chi connectivity index (χ0n) is 15.0. The number of unbranched alkanes of at least 4 members (excludes halogenated alkanes) is 4. The van der Waals surface area contributed by atoms with Crippen molar-refractivity contribution in [2.45, 2.75) is 79.1 Å². The first-order valence-corrected chi connectivity index (χ1v) is 13.3. The van der Waals surface area contributed by atoms with Gasteiger partial charge in [-0.15, -0.1) is 0 Å². The summed E-state index contributed by atoms with van der Waals surface area (Å²) >= 11 is 0. The van der Waals surface area contributed by atoms with E-state index >= 15 is 0 Å². The van der Waals surface area contributed by atoms with Crippen molar-refractivity contribution in [3.63, 3.8) is 0 Å². The third-order valence-electron chi connectivity index (χ3n) is 4.64. The van der Waals surface area contributed by atoms with Crippen molar-refractivity contribution in [2.75, 3.05) is 24.6 Å². The van der Waals surface area contributed by atoms with Crippen molar-refractivity contribution in [2.24, 2.45) is 0 Å². The second-order valence-corrected chi connectivity index (χ2v) is 13.6. The SMILES string of the molecule is CCCCP(CCCC)(CCCC)(CCCC)OP(=O)(F)F. The third kappa shape index (κ3) is 7.84. The quantitative estimate of drug-likeness (QED) is 0.296. The van der Waals surface area contributed by atoms with Crippen LogP contribution in [0.15, 0.2) is 0 Å². The Labute approximate surface area is 136 Å². The van der Waals surface area contributed by atoms with Gasteiger partial charge in [0.25, 0.3) is 0 Å². The molecule has 6 heteroatoms. The maximum absolute atomic E-state index is 13.5. The third-order valence-corrected chi connectivity index (χ3v) is 13.0. The van der Waals surface area contributed by atoms with Gasteiger partial charge >= 0.3 is 136 Å². The Hall–Kier alpha value is 0.480. The fraction of sp³-hybridized carbons (Fsp3) is 1.00. The van der Waals surface area contributed by atoms with Gasteiger partial charge in [0.2, 0.25) is 0 Å². The maximum atomic E-state index is 13.5. The second kappa shape index (κ2) is 10.4. The summed E-state index contributed by atoms with van der Waals surface area (Å²) in [7, 11) is -5.46. The number of hydrogen-bond acceptors (Lipinski definition) is 2. The van der Waals surface area contributed by atoms with E-state index in [0.717, 1.165) is 76.0 Å². The van der Waals surface area contributed by atoms with Crippen LogP contribution in [0.5, 0.6) is 0 Å². The van der Waals surface area contributed by atoms with E-state index in [0.29, 0.717) is 0 Å². The van der Waals surface area contributed by atoms with Crippen LogP contribution in [-0.4, -0.2) is 24.6 Å². The number of hydrogen-bond donors (Lipinski definition) is 0. The molecule has 0 fully saturated rings. The Morgan fingerprint density at radius 1 is 0.727 bits per heavy atom. The van der Waals surface area contributed by atoms with Crippen molar-refractivity contribution in [1.29, 1.82) is 0 Å². The molecule has 2 nitrogen and oxygen atoms in total. The van der Waals surface area contributed by atoms with E-state index in [4.69, 9.17) is 4.31 Å². The van der Waals surface area contributed by atoms with Gasteiger partial charge in [0, 0.05) is 0 Å². The molecule has 22 heavy (non-hydrogen) atoms. The van der Waals surface area contributed by atoms with Crippen LogP contribution in [0.25, 0.3) is 0 Å². The molecule has 0 rings (SSSR count). The van der Waals surface area contributed by atoms with Gasteiger partial charge in [-0.1, -0.05) is 0 Å². The van der Waals surface area contributed by atoms with Crippen molar-refractivity contribution >= 4 is 14.8 Å². The van der Waals surface area contributed by atoms with Crippen molar-refractivity contribution in [3.05, 3.63) is 0 Å². The topological polar surface area (TPSA) is 26.3 Å². The molecule has 0 aliphatic carbocycles. The van der Waals surface area contributed by atoms with Gasteiger partial charge in [-0.2, -0.15) is 0 Å². The molecule has 0 N–H and O–H groups in total. The molecule has 0 spiro atoms. The predicted octanol–water partition coefficient (Wildman–Crippen LogP) is 7.72. The molecule has 136 valence electrons. The molecule has 0 saturated carbocycles. The normalized spacial score (nSPS) is 14.7. The van der Waals surface area contributed by atoms with Gasteiger partial charge in [0.15, 0.2) is 0 Å². The van der Waals surface area contributed by atoms with Gasteiger partial charge in [-0.05, 0) is 0 Å². The summed E-state index contributed by atoms with van der Waals surface area (Å²) in [4.78, 5) is 0. The van der Waals surface area contributed by atoms with Crippen LogP contribution < -0.4 is 0 Å². The molecule has 0 heterocycles. The van der Waals surface area contributed by atoms with E-state index in [9.17, 15) is 13.0 Å². The van der Waals surface area contributed by atoms with Gasteiger partial charge in [0.05, 0.1) is 0 Å². The van der Waals surface area contributed by atoms with E-state index in [-0.39, 0.29) is 0 Å². The van der Waals surface area contributed by atoms with Gasteiger partial charge in [0.1, 0.15) is 0 Å². The van der Waals surface area contributed by atoms with E-state index in [1.807, 2.05) is 0 Å². The monoisotopic (exact) mass is 360 g/mol. The van der Waals surface area contributed by atoms with E-state index in [2.05, 4.69) is 27.7 Å². The average molecular weight is 360 g/mol. The fourth-order valence-corrected chi connectivity index (χ4v) is 12.6. The molecule has 0 atom stereocenters. The summed E-state index contributed by atoms with van der Waals surface area (Å²) in [5.74, 6) is 0. The Balaban J connectivity index is 5.70. The van der Waals surface area contributed by atoms with Crippen LogP contribution in [0.3, 0.4) is 0 Å². The predicted molar refractivity (Wildman–Crippen MR) is 96.9 cm³/mol. The number of rotatable bonds is 14. The molecule has 0 aromatic rings. The minimum absolute atomic E-state index is 0.722. The molecule has 0 bridgehead atoms. The van der Waals surface area contributed by atoms with Crippen LogP contribution in [-0.2, 0) is 8.88 Å². The molecule has 0 aliphatic rings. The second-order valence-electron chi connectivity index (χ2n) is 6.66. The first kappa shape index (κ1) is 22.5. The zero-order valence-corrected chi connectivity index (χ0v) is 16.7. The molecule has 0 amide bonds. The van der Waals surface area contributed by atoms with Crippen LogP contribution in [0.4, 0.5) is 8.39 Å². The first-order valence-electron chi connectivity index (χ1n) is 8.98. The van der Waals surface area contributed by atoms with Crippen LogP contribution >= 0.6 is 14.8 Å². The molecule has 0 aromatic carbocycles. The summed E-state index contributed by atoms with van der Waals surface area (Å²) in [6.45, 7) is 5.24. The summed E-state index contributed by atoms with van der Waals surface area (Å²) in [5.41, 5.74) is 0. The molecule has 0 unspecified atom stereocenters. The van der Waals surface area contributed by atoms with E-state index in [1.165, 1.54) is 0 Å². The van der Waals surface area contributed by atoms with Crippen LogP contribution in [0.2, 0.25) is 0 Å². The minimum atomic E-state index is -5.46. The standard InChI is InChI=1S/C16H36F2O2P2/c1-5-9-13-22(14-10-6-2,15-11-7-3,16-12-8-4)20-21(17,18)19/h5-16H2,1-4H3. The first-order chi connectivity index (χ1) is 10.3. The summed E-state index contributed by atoms with van der Waals surface area (Å²) in [6, 6.07) is 0.